The Bertz CT molecular complexity index is 3250. The van der Waals surface area contributed by atoms with E-state index in [1.165, 1.54) is 0 Å². The molecule has 6 nitrogen and oxygen atoms in total. The first-order valence-electron chi connectivity index (χ1n) is 21.5. The largest absolute Gasteiger partial charge is 0.907 e. The number of quaternary nitrogens is 3. The molecule has 540 valence electrons. The van der Waals surface area contributed by atoms with Gasteiger partial charge in [0.2, 0.25) is 209 Å². The van der Waals surface area contributed by atoms with Crippen molar-refractivity contribution in [3.63, 3.8) is 0 Å². The zero-order valence-corrected chi connectivity index (χ0v) is 42.3. The minimum Gasteiger partial charge on any atom is -0.907 e. The van der Waals surface area contributed by atoms with Gasteiger partial charge in [-0.05, 0) is 0 Å². The van der Waals surface area contributed by atoms with Gasteiger partial charge in [-0.15, -0.1) is 79.0 Å². The van der Waals surface area contributed by atoms with Gasteiger partial charge in [0, 0.05) is 0 Å². The fraction of sp³-hybridized carbons (Fsp3) is 0.143. The average Bonchev–Trinajstić information content (AvgIpc) is 0.705. The van der Waals surface area contributed by atoms with Crippen LogP contribution in [0.5, 0.6) is 0 Å². The van der Waals surface area contributed by atoms with Crippen LogP contribution < -0.4 is 28.5 Å². The van der Waals surface area contributed by atoms with Crippen LogP contribution in [0, 0.1) is 175 Å². The van der Waals surface area contributed by atoms with Gasteiger partial charge < -0.3 is 15.1 Å². The van der Waals surface area contributed by atoms with Gasteiger partial charge in [-0.3, -0.25) is 7.32 Å². The number of rotatable bonds is 6. The molecule has 0 amide bonds. The minimum absolute atomic E-state index is 2.92. The van der Waals surface area contributed by atoms with Crippen molar-refractivity contribution in [1.29, 1.82) is 0 Å². The Morgan fingerprint density at radius 3 is 0.247 bits per heavy atom. The van der Waals surface area contributed by atoms with Crippen LogP contribution in [0.1, 0.15) is 0 Å². The Hall–Kier alpha value is -8.22. The molecule has 0 fully saturated rings. The van der Waals surface area contributed by atoms with Crippen LogP contribution in [-0.2, 0) is 0 Å². The lowest BCUT2D eigenvalue weighted by molar-refractivity contribution is -0.479. The monoisotopic (exact) mass is 1520 g/mol. The van der Waals surface area contributed by atoms with E-state index in [2.05, 4.69) is 0 Å². The normalized spacial score (nSPS) is 12.9. The molecule has 6 aromatic carbocycles. The average molecular weight is 1520 g/mol. The first-order valence-corrected chi connectivity index (χ1v) is 21.5. The van der Waals surface area contributed by atoms with Crippen LogP contribution >= 0.6 is 0 Å². The summed E-state index contributed by atoms with van der Waals surface area (Å²) in [7, 11) is -2.92. The van der Waals surface area contributed by atoms with Gasteiger partial charge in [-0.1, -0.05) is 13.4 Å². The molecule has 0 radical (unpaired) electrons. The summed E-state index contributed by atoms with van der Waals surface area (Å²) in [4.78, 5) is 0. The standard InChI is InChI=1S/3C14F16N.BO3/c3*15-1-3(17)7(21)11(8(22)4(1)18)31(13(25,26)27,14(28,29)30)12-9(23)5(19)2(16)6(20)10(12)24;2-1(3)4/q3*+1;-3. The molecule has 0 N–H and O–H groups in total. The number of alkyl halides is 18. The topological polar surface area (TPSA) is 69.2 Å². The highest BCUT2D eigenvalue weighted by Crippen LogP contribution is 2.62. The molecule has 0 atom stereocenters. The van der Waals surface area contributed by atoms with Crippen LogP contribution in [0.4, 0.5) is 245 Å². The number of halogens is 48. The molecule has 55 heteroatoms. The Morgan fingerprint density at radius 2 is 0.196 bits per heavy atom. The minimum atomic E-state index is -7.53. The summed E-state index contributed by atoms with van der Waals surface area (Å²) in [6.07, 6.45) is -45.2. The lowest BCUT2D eigenvalue weighted by atomic mass is 10.1. The highest BCUT2D eigenvalue weighted by Gasteiger charge is 2.82. The van der Waals surface area contributed by atoms with Gasteiger partial charge >= 0.3 is 37.8 Å². The van der Waals surface area contributed by atoms with E-state index in [0.29, 0.717) is 0 Å². The van der Waals surface area contributed by atoms with Gasteiger partial charge in [0.15, 0.2) is 0 Å². The second-order valence-corrected chi connectivity index (χ2v) is 16.6. The summed E-state index contributed by atoms with van der Waals surface area (Å²) < 4.78 is 633. The summed E-state index contributed by atoms with van der Waals surface area (Å²) in [5.41, 5.74) is -24.1. The molecule has 0 bridgehead atoms. The predicted molar refractivity (Wildman–Crippen MR) is 204 cm³/mol. The van der Waals surface area contributed by atoms with Crippen molar-refractivity contribution >= 4 is 41.4 Å². The second-order valence-electron chi connectivity index (χ2n) is 16.6. The van der Waals surface area contributed by atoms with Crippen molar-refractivity contribution in [3.8, 4) is 0 Å². The van der Waals surface area contributed by atoms with E-state index in [1.807, 2.05) is 0 Å². The maximum Gasteiger partial charge on any atom is 0.578 e. The molecule has 0 aromatic heterocycles. The predicted octanol–water partition coefficient (Wildman–Crippen LogP) is 16.3. The highest BCUT2D eigenvalue weighted by atomic mass is 19.5. The van der Waals surface area contributed by atoms with Crippen LogP contribution in [-0.4, -0.2) is 45.1 Å². The summed E-state index contributed by atoms with van der Waals surface area (Å²) >= 11 is 0. The number of hydrogen-bond acceptors (Lipinski definition) is 3. The number of hydrogen-bond donors (Lipinski definition) is 0. The van der Waals surface area contributed by atoms with Crippen LogP contribution in [0.25, 0.3) is 0 Å². The van der Waals surface area contributed by atoms with E-state index in [1.54, 1.807) is 0 Å². The molecule has 0 heterocycles. The zero-order chi connectivity index (χ0) is 76.9. The molecule has 97 heavy (non-hydrogen) atoms. The highest BCUT2D eigenvalue weighted by molar-refractivity contribution is 6.24. The van der Waals surface area contributed by atoms with E-state index in [0.717, 1.165) is 0 Å². The van der Waals surface area contributed by atoms with E-state index in [9.17, 15) is 211 Å². The van der Waals surface area contributed by atoms with Gasteiger partial charge in [-0.25, -0.2) is 79.0 Å². The van der Waals surface area contributed by atoms with Gasteiger partial charge in [0.1, 0.15) is 0 Å². The maximum atomic E-state index is 13.9. The Balaban J connectivity index is 0.000000368. The van der Waals surface area contributed by atoms with Gasteiger partial charge in [-0.2, -0.15) is 52.7 Å². The third kappa shape index (κ3) is 12.7. The first kappa shape index (κ1) is 83.0. The van der Waals surface area contributed by atoms with E-state index in [4.69, 9.17) is 15.1 Å². The van der Waals surface area contributed by atoms with Crippen LogP contribution in [0.3, 0.4) is 0 Å². The molecule has 6 rings (SSSR count). The third-order valence-corrected chi connectivity index (χ3v) is 11.4. The van der Waals surface area contributed by atoms with Crippen LogP contribution in [0.2, 0.25) is 0 Å². The van der Waals surface area contributed by atoms with Crippen LogP contribution in [0.15, 0.2) is 0 Å². The number of benzene rings is 6. The molecule has 0 aliphatic rings. The smallest absolute Gasteiger partial charge is 0.578 e. The molecule has 0 aliphatic heterocycles. The Kier molecular flexibility index (Phi) is 23.0. The SMILES string of the molecule is Fc1c(F)c(F)c([N+](c2c(F)c(F)c(F)c(F)c2F)(C(F)(F)F)C(F)(F)F)c(F)c1F.Fc1c(F)c(F)c([N+](c2c(F)c(F)c(F)c(F)c2F)(C(F)(F)F)C(F)(F)F)c(F)c1F.Fc1c(F)c(F)c([N+](c2c(F)c(F)c(F)c(F)c2F)(C(F)(F)F)C(F)(F)F)c(F)c1F.[O-]B([O-])[O-]. The molecule has 0 saturated carbocycles. The lowest BCUT2D eigenvalue weighted by Gasteiger charge is -2.38. The van der Waals surface area contributed by atoms with E-state index < -0.39 is 267 Å². The zero-order valence-electron chi connectivity index (χ0n) is 42.3. The number of nitrogens with zero attached hydrogens (tertiary/aromatic N) is 3. The molecule has 0 unspecified atom stereocenters. The maximum absolute atomic E-state index is 13.9. The Labute approximate surface area is 493 Å². The summed E-state index contributed by atoms with van der Waals surface area (Å²) in [6, 6.07) is 0. The van der Waals surface area contributed by atoms with E-state index >= 15 is 0 Å². The van der Waals surface area contributed by atoms with Crippen molar-refractivity contribution < 1.29 is 226 Å². The molecular formula is C42BF48N3O3. The quantitative estimate of drug-likeness (QED) is 0.0417. The molecular weight excluding hydrogens is 1520 g/mol. The summed E-state index contributed by atoms with van der Waals surface area (Å²) in [6.45, 7) is 0. The lowest BCUT2D eigenvalue weighted by Crippen LogP contribution is -2.65. The third-order valence-electron chi connectivity index (χ3n) is 11.4. The summed E-state index contributed by atoms with van der Waals surface area (Å²) in [5.74, 6) is -108. The Morgan fingerprint density at radius 1 is 0.144 bits per heavy atom. The fourth-order valence-corrected chi connectivity index (χ4v) is 7.61. The van der Waals surface area contributed by atoms with Crippen molar-refractivity contribution in [2.45, 2.75) is 37.8 Å². The van der Waals surface area contributed by atoms with Crippen molar-refractivity contribution in [3.05, 3.63) is 175 Å². The summed E-state index contributed by atoms with van der Waals surface area (Å²) in [5, 5.41) is 25.2. The second kappa shape index (κ2) is 26.9. The van der Waals surface area contributed by atoms with Gasteiger partial charge in [0.25, 0.3) is 0 Å². The first-order chi connectivity index (χ1) is 43.3. The van der Waals surface area contributed by atoms with Crippen molar-refractivity contribution in [1.82, 2.24) is 13.4 Å². The van der Waals surface area contributed by atoms with Gasteiger partial charge in [0.05, 0.1) is 0 Å². The molecule has 0 saturated heterocycles. The molecule has 0 aliphatic carbocycles. The molecule has 6 aromatic rings. The van der Waals surface area contributed by atoms with Crippen molar-refractivity contribution in [2.24, 2.45) is 0 Å². The van der Waals surface area contributed by atoms with Crippen molar-refractivity contribution in [2.75, 3.05) is 0 Å². The molecule has 0 spiro atoms. The van der Waals surface area contributed by atoms with E-state index in [-0.39, 0.29) is 0 Å². The fourth-order valence-electron chi connectivity index (χ4n) is 7.61.